The van der Waals surface area contributed by atoms with Crippen molar-refractivity contribution in [2.24, 2.45) is 7.05 Å². The van der Waals surface area contributed by atoms with Crippen LogP contribution in [0.2, 0.25) is 0 Å². The number of thiophene rings is 1. The molecule has 0 spiro atoms. The van der Waals surface area contributed by atoms with Crippen molar-refractivity contribution < 1.29 is 13.9 Å². The van der Waals surface area contributed by atoms with Crippen LogP contribution in [0.4, 0.5) is 0 Å². The van der Waals surface area contributed by atoms with Crippen molar-refractivity contribution in [3.63, 3.8) is 0 Å². The van der Waals surface area contributed by atoms with Crippen LogP contribution in [-0.4, -0.2) is 22.6 Å². The lowest BCUT2D eigenvalue weighted by atomic mass is 10.2. The fourth-order valence-electron chi connectivity index (χ4n) is 3.21. The number of rotatable bonds is 4. The number of nitrogens with zero attached hydrogens (tertiary/aromatic N) is 2. The highest BCUT2D eigenvalue weighted by atomic mass is 32.2. The molecule has 1 aliphatic carbocycles. The average Bonchev–Trinajstić information content (AvgIpc) is 3.33. The van der Waals surface area contributed by atoms with E-state index in [9.17, 15) is 9.59 Å². The van der Waals surface area contributed by atoms with Gasteiger partial charge < -0.3 is 9.15 Å². The molecule has 6 nitrogen and oxygen atoms in total. The lowest BCUT2D eigenvalue weighted by Gasteiger charge is -2.11. The number of carbonyl (C=O) groups is 1. The van der Waals surface area contributed by atoms with Gasteiger partial charge in [0.2, 0.25) is 5.76 Å². The SMILES string of the molecule is COC(=O)c1ccc(C(C)Sc2nc3sc4c(c3c(=O)n2C)CCC4)o1. The quantitative estimate of drug-likeness (QED) is 0.384. The van der Waals surface area contributed by atoms with Gasteiger partial charge >= 0.3 is 5.97 Å². The third-order valence-corrected chi connectivity index (χ3v) is 6.95. The van der Waals surface area contributed by atoms with E-state index in [4.69, 9.17) is 9.40 Å². The fraction of sp³-hybridized carbons (Fsp3) is 0.389. The summed E-state index contributed by atoms with van der Waals surface area (Å²) in [5, 5.41) is 1.33. The van der Waals surface area contributed by atoms with Crippen LogP contribution in [0.3, 0.4) is 0 Å². The van der Waals surface area contributed by atoms with E-state index in [-0.39, 0.29) is 16.6 Å². The van der Waals surface area contributed by atoms with Gasteiger partial charge in [0.05, 0.1) is 17.7 Å². The lowest BCUT2D eigenvalue weighted by Crippen LogP contribution is -2.20. The normalized spacial score (nSPS) is 14.6. The zero-order valence-corrected chi connectivity index (χ0v) is 16.3. The minimum atomic E-state index is -0.506. The second-order valence-corrected chi connectivity index (χ2v) is 8.64. The summed E-state index contributed by atoms with van der Waals surface area (Å²) >= 11 is 3.07. The Kier molecular flexibility index (Phi) is 4.40. The van der Waals surface area contributed by atoms with Crippen molar-refractivity contribution in [1.82, 2.24) is 9.55 Å². The maximum Gasteiger partial charge on any atom is 0.373 e. The van der Waals surface area contributed by atoms with Crippen LogP contribution in [0.15, 0.2) is 26.5 Å². The molecule has 0 fully saturated rings. The maximum absolute atomic E-state index is 12.9. The van der Waals surface area contributed by atoms with Gasteiger partial charge in [-0.3, -0.25) is 9.36 Å². The summed E-state index contributed by atoms with van der Waals surface area (Å²) in [6.07, 6.45) is 3.13. The first-order valence-electron chi connectivity index (χ1n) is 8.35. The van der Waals surface area contributed by atoms with Crippen LogP contribution < -0.4 is 5.56 Å². The predicted octanol–water partition coefficient (Wildman–Crippen LogP) is 3.72. The molecular formula is C18H18N2O4S2. The smallest absolute Gasteiger partial charge is 0.373 e. The van der Waals surface area contributed by atoms with Gasteiger partial charge in [0, 0.05) is 11.9 Å². The number of hydrogen-bond donors (Lipinski definition) is 0. The Labute approximate surface area is 158 Å². The first-order valence-corrected chi connectivity index (χ1v) is 10.0. The fourth-order valence-corrected chi connectivity index (χ4v) is 5.46. The first kappa shape index (κ1) is 17.4. The second-order valence-electron chi connectivity index (χ2n) is 6.25. The number of aryl methyl sites for hydroxylation is 2. The maximum atomic E-state index is 12.9. The Morgan fingerprint density at radius 2 is 2.23 bits per heavy atom. The van der Waals surface area contributed by atoms with Gasteiger partial charge in [0.25, 0.3) is 5.56 Å². The molecule has 0 amide bonds. The van der Waals surface area contributed by atoms with E-state index >= 15 is 0 Å². The van der Waals surface area contributed by atoms with Crippen LogP contribution in [0.5, 0.6) is 0 Å². The molecular weight excluding hydrogens is 372 g/mol. The van der Waals surface area contributed by atoms with Crippen molar-refractivity contribution in [2.45, 2.75) is 36.6 Å². The van der Waals surface area contributed by atoms with Crippen molar-refractivity contribution in [3.05, 3.63) is 44.4 Å². The number of ether oxygens (including phenoxy) is 1. The molecule has 8 heteroatoms. The molecule has 4 rings (SSSR count). The largest absolute Gasteiger partial charge is 0.463 e. The topological polar surface area (TPSA) is 74.3 Å². The van der Waals surface area contributed by atoms with Gasteiger partial charge in [-0.05, 0) is 43.9 Å². The number of methoxy groups -OCH3 is 1. The molecule has 26 heavy (non-hydrogen) atoms. The van der Waals surface area contributed by atoms with Gasteiger partial charge in [-0.1, -0.05) is 11.8 Å². The van der Waals surface area contributed by atoms with Crippen LogP contribution in [-0.2, 0) is 24.6 Å². The molecule has 1 unspecified atom stereocenters. The van der Waals surface area contributed by atoms with Gasteiger partial charge in [-0.25, -0.2) is 9.78 Å². The van der Waals surface area contributed by atoms with Crippen molar-refractivity contribution >= 4 is 39.3 Å². The molecule has 0 aliphatic heterocycles. The molecule has 3 aromatic rings. The molecule has 136 valence electrons. The Balaban J connectivity index is 1.67. The minimum absolute atomic E-state index is 0.0128. The van der Waals surface area contributed by atoms with Crippen LogP contribution in [0.25, 0.3) is 10.2 Å². The molecule has 3 aromatic heterocycles. The molecule has 1 atom stereocenters. The summed E-state index contributed by atoms with van der Waals surface area (Å²) in [4.78, 5) is 31.2. The third-order valence-electron chi connectivity index (χ3n) is 4.60. The zero-order valence-electron chi connectivity index (χ0n) is 14.7. The van der Waals surface area contributed by atoms with Gasteiger partial charge in [0.1, 0.15) is 10.6 Å². The van der Waals surface area contributed by atoms with E-state index in [0.29, 0.717) is 10.9 Å². The molecule has 0 radical (unpaired) electrons. The highest BCUT2D eigenvalue weighted by molar-refractivity contribution is 7.99. The highest BCUT2D eigenvalue weighted by Gasteiger charge is 2.24. The number of esters is 1. The van der Waals surface area contributed by atoms with E-state index < -0.39 is 5.97 Å². The lowest BCUT2D eigenvalue weighted by molar-refractivity contribution is 0.0563. The van der Waals surface area contributed by atoms with Gasteiger partial charge in [-0.15, -0.1) is 11.3 Å². The Bertz CT molecular complexity index is 1060. The number of hydrogen-bond acceptors (Lipinski definition) is 7. The Hall–Kier alpha value is -2.06. The summed E-state index contributed by atoms with van der Waals surface area (Å²) in [5.74, 6) is 0.300. The number of thioether (sulfide) groups is 1. The van der Waals surface area contributed by atoms with Crippen LogP contribution in [0.1, 0.15) is 45.4 Å². The summed E-state index contributed by atoms with van der Waals surface area (Å²) in [5.41, 5.74) is 1.20. The Morgan fingerprint density at radius 3 is 3.00 bits per heavy atom. The molecule has 3 heterocycles. The first-order chi connectivity index (χ1) is 12.5. The Morgan fingerprint density at radius 1 is 1.42 bits per heavy atom. The molecule has 0 bridgehead atoms. The highest BCUT2D eigenvalue weighted by Crippen LogP contribution is 2.38. The van der Waals surface area contributed by atoms with E-state index in [0.717, 1.165) is 29.5 Å². The standard InChI is InChI=1S/C18H18N2O4S2/c1-9(11-7-8-12(24-11)17(22)23-3)25-18-19-15-14(16(21)20(18)2)10-5-4-6-13(10)26-15/h7-9H,4-6H2,1-3H3. The molecule has 1 aliphatic rings. The van der Waals surface area contributed by atoms with Crippen molar-refractivity contribution in [2.75, 3.05) is 7.11 Å². The van der Waals surface area contributed by atoms with E-state index in [2.05, 4.69) is 4.74 Å². The predicted molar refractivity (Wildman–Crippen MR) is 101 cm³/mol. The molecule has 0 N–H and O–H groups in total. The molecule has 0 aromatic carbocycles. The minimum Gasteiger partial charge on any atom is -0.463 e. The van der Waals surface area contributed by atoms with E-state index in [1.807, 2.05) is 6.92 Å². The van der Waals surface area contributed by atoms with Crippen molar-refractivity contribution in [3.8, 4) is 0 Å². The number of aromatic nitrogens is 2. The zero-order chi connectivity index (χ0) is 18.4. The summed E-state index contributed by atoms with van der Waals surface area (Å²) in [6.45, 7) is 1.95. The third kappa shape index (κ3) is 2.77. The summed E-state index contributed by atoms with van der Waals surface area (Å²) < 4.78 is 11.8. The van der Waals surface area contributed by atoms with E-state index in [1.54, 1.807) is 35.1 Å². The number of furan rings is 1. The number of carbonyl (C=O) groups excluding carboxylic acids is 1. The van der Waals surface area contributed by atoms with Gasteiger partial charge in [0.15, 0.2) is 5.16 Å². The van der Waals surface area contributed by atoms with Gasteiger partial charge in [-0.2, -0.15) is 0 Å². The number of fused-ring (bicyclic) bond motifs is 3. The van der Waals surface area contributed by atoms with Crippen molar-refractivity contribution in [1.29, 1.82) is 0 Å². The van der Waals surface area contributed by atoms with Crippen LogP contribution >= 0.6 is 23.1 Å². The molecule has 0 saturated heterocycles. The van der Waals surface area contributed by atoms with E-state index in [1.165, 1.54) is 29.3 Å². The molecule has 0 saturated carbocycles. The average molecular weight is 390 g/mol. The summed E-state index contributed by atoms with van der Waals surface area (Å²) in [7, 11) is 3.07. The van der Waals surface area contributed by atoms with Crippen LogP contribution in [0, 0.1) is 0 Å². The second kappa shape index (κ2) is 6.59. The summed E-state index contributed by atoms with van der Waals surface area (Å²) in [6, 6.07) is 3.35. The monoisotopic (exact) mass is 390 g/mol.